The van der Waals surface area contributed by atoms with Crippen molar-refractivity contribution in [1.29, 1.82) is 0 Å². The second-order valence-electron chi connectivity index (χ2n) is 5.13. The van der Waals surface area contributed by atoms with Gasteiger partial charge in [-0.25, -0.2) is 4.39 Å². The first-order valence-electron chi connectivity index (χ1n) is 6.82. The summed E-state index contributed by atoms with van der Waals surface area (Å²) in [6, 6.07) is 6.74. The van der Waals surface area contributed by atoms with Gasteiger partial charge in [-0.2, -0.15) is 0 Å². The van der Waals surface area contributed by atoms with Crippen molar-refractivity contribution < 1.29 is 14.1 Å². The third-order valence-corrected chi connectivity index (χ3v) is 4.52. The molecule has 2 aromatic rings. The monoisotopic (exact) mass is 399 g/mol. The van der Waals surface area contributed by atoms with Gasteiger partial charge in [-0.3, -0.25) is 14.9 Å². The summed E-state index contributed by atoms with van der Waals surface area (Å²) in [7, 11) is 0. The van der Waals surface area contributed by atoms with Crippen LogP contribution in [-0.2, 0) is 4.79 Å². The molecule has 0 saturated carbocycles. The van der Waals surface area contributed by atoms with Crippen LogP contribution < -0.4 is 10.2 Å². The van der Waals surface area contributed by atoms with Gasteiger partial charge < -0.3 is 10.2 Å². The number of hydrogen-bond donors (Lipinski definition) is 1. The first-order valence-corrected chi connectivity index (χ1v) is 7.99. The lowest BCUT2D eigenvalue weighted by Crippen LogP contribution is -2.29. The van der Waals surface area contributed by atoms with Crippen LogP contribution in [0.15, 0.2) is 36.4 Å². The van der Waals surface area contributed by atoms with E-state index in [-0.39, 0.29) is 26.4 Å². The van der Waals surface area contributed by atoms with Crippen LogP contribution in [-0.4, -0.2) is 15.9 Å². The Morgan fingerprint density at radius 3 is 2.64 bits per heavy atom. The fraction of sp³-hybridized carbons (Fsp3) is 0.0667. The predicted molar refractivity (Wildman–Crippen MR) is 95.5 cm³/mol. The van der Waals surface area contributed by atoms with E-state index in [1.165, 1.54) is 29.2 Å². The van der Waals surface area contributed by atoms with E-state index >= 15 is 0 Å². The lowest BCUT2D eigenvalue weighted by molar-refractivity contribution is -0.384. The molecule has 1 aliphatic rings. The molecule has 1 N–H and O–H groups in total. The van der Waals surface area contributed by atoms with Crippen LogP contribution in [0.25, 0.3) is 0 Å². The molecule has 1 saturated heterocycles. The number of non-ortho nitro benzene ring substituents is 1. The van der Waals surface area contributed by atoms with Crippen LogP contribution in [0.1, 0.15) is 11.6 Å². The first kappa shape index (κ1) is 17.5. The van der Waals surface area contributed by atoms with Crippen LogP contribution >= 0.6 is 35.4 Å². The van der Waals surface area contributed by atoms with E-state index in [2.05, 4.69) is 5.32 Å². The normalized spacial score (nSPS) is 16.9. The van der Waals surface area contributed by atoms with Crippen LogP contribution in [0.2, 0.25) is 10.0 Å². The summed E-state index contributed by atoms with van der Waals surface area (Å²) < 4.78 is 13.9. The van der Waals surface area contributed by atoms with E-state index in [9.17, 15) is 19.3 Å². The molecule has 0 radical (unpaired) electrons. The fourth-order valence-electron chi connectivity index (χ4n) is 2.52. The van der Waals surface area contributed by atoms with Crippen molar-refractivity contribution in [2.45, 2.75) is 6.04 Å². The largest absolute Gasteiger partial charge is 0.302 e. The van der Waals surface area contributed by atoms with Crippen molar-refractivity contribution in [3.63, 3.8) is 0 Å². The van der Waals surface area contributed by atoms with Crippen LogP contribution in [0.4, 0.5) is 15.8 Å². The summed E-state index contributed by atoms with van der Waals surface area (Å²) in [4.78, 5) is 24.1. The van der Waals surface area contributed by atoms with Crippen molar-refractivity contribution in [3.05, 3.63) is 67.9 Å². The molecule has 1 amide bonds. The number of thiocarbonyl (C=S) groups is 1. The van der Waals surface area contributed by atoms with Gasteiger partial charge in [0.05, 0.1) is 15.6 Å². The minimum Gasteiger partial charge on any atom is -0.302 e. The zero-order chi connectivity index (χ0) is 18.3. The highest BCUT2D eigenvalue weighted by Gasteiger charge is 2.40. The maximum atomic E-state index is 13.9. The average Bonchev–Trinajstić information content (AvgIpc) is 2.85. The van der Waals surface area contributed by atoms with Gasteiger partial charge in [-0.1, -0.05) is 29.3 Å². The number of carbonyl (C=O) groups excluding carboxylic acids is 1. The number of halogens is 3. The maximum Gasteiger partial charge on any atom is 0.271 e. The molecule has 0 bridgehead atoms. The minimum absolute atomic E-state index is 0.0296. The molecule has 1 unspecified atom stereocenters. The van der Waals surface area contributed by atoms with Crippen LogP contribution in [0.5, 0.6) is 0 Å². The summed E-state index contributed by atoms with van der Waals surface area (Å²) in [6.45, 7) is 0. The molecule has 1 heterocycles. The third kappa shape index (κ3) is 3.15. The second kappa shape index (κ2) is 6.55. The van der Waals surface area contributed by atoms with Crippen molar-refractivity contribution in [3.8, 4) is 0 Å². The van der Waals surface area contributed by atoms with Gasteiger partial charge >= 0.3 is 0 Å². The molecule has 1 fully saturated rings. The number of hydrogen-bond acceptors (Lipinski definition) is 4. The zero-order valence-electron chi connectivity index (χ0n) is 12.2. The van der Waals surface area contributed by atoms with Crippen LogP contribution in [0.3, 0.4) is 0 Å². The number of rotatable bonds is 3. The van der Waals surface area contributed by atoms with Gasteiger partial charge in [-0.15, -0.1) is 0 Å². The molecule has 10 heteroatoms. The Morgan fingerprint density at radius 1 is 1.24 bits per heavy atom. The second-order valence-corrected chi connectivity index (χ2v) is 6.33. The molecule has 128 valence electrons. The summed E-state index contributed by atoms with van der Waals surface area (Å²) in [6.07, 6.45) is 0. The Balaban J connectivity index is 2.13. The van der Waals surface area contributed by atoms with E-state index in [1.54, 1.807) is 6.07 Å². The van der Waals surface area contributed by atoms with Gasteiger partial charge in [0.2, 0.25) is 0 Å². The Bertz CT molecular complexity index is 925. The van der Waals surface area contributed by atoms with E-state index in [0.29, 0.717) is 5.69 Å². The summed E-state index contributed by atoms with van der Waals surface area (Å²) >= 11 is 17.0. The number of carbonyl (C=O) groups is 1. The third-order valence-electron chi connectivity index (χ3n) is 3.61. The van der Waals surface area contributed by atoms with E-state index in [1.807, 2.05) is 0 Å². The average molecular weight is 400 g/mol. The SMILES string of the molecule is O=C1NC(=S)N(c2cccc([N+](=O)[O-])c2)C1c1cc(F)c(Cl)cc1Cl. The maximum absolute atomic E-state index is 13.9. The molecule has 6 nitrogen and oxygen atoms in total. The molecule has 0 spiro atoms. The predicted octanol–water partition coefficient (Wildman–Crippen LogP) is 4.00. The smallest absolute Gasteiger partial charge is 0.271 e. The van der Waals surface area contributed by atoms with Gasteiger partial charge in [0.15, 0.2) is 5.11 Å². The molecular formula is C15H8Cl2FN3O3S. The summed E-state index contributed by atoms with van der Waals surface area (Å²) in [5, 5.41) is 13.4. The van der Waals surface area contributed by atoms with Crippen molar-refractivity contribution in [2.75, 3.05) is 4.90 Å². The Kier molecular flexibility index (Phi) is 4.59. The Morgan fingerprint density at radius 2 is 1.96 bits per heavy atom. The van der Waals surface area contributed by atoms with Gasteiger partial charge in [0.1, 0.15) is 11.9 Å². The van der Waals surface area contributed by atoms with Crippen molar-refractivity contribution >= 4 is 57.8 Å². The van der Waals surface area contributed by atoms with E-state index in [4.69, 9.17) is 35.4 Å². The van der Waals surface area contributed by atoms with Crippen LogP contribution in [0, 0.1) is 15.9 Å². The minimum atomic E-state index is -1.08. The van der Waals surface area contributed by atoms with Gasteiger partial charge in [0.25, 0.3) is 11.6 Å². The van der Waals surface area contributed by atoms with Gasteiger partial charge in [-0.05, 0) is 30.4 Å². The highest BCUT2D eigenvalue weighted by atomic mass is 35.5. The lowest BCUT2D eigenvalue weighted by atomic mass is 10.0. The van der Waals surface area contributed by atoms with Gasteiger partial charge in [0, 0.05) is 22.7 Å². The summed E-state index contributed by atoms with van der Waals surface area (Å²) in [5.74, 6) is -1.27. The standard InChI is InChI=1S/C15H8Cl2FN3O3S/c16-10-6-11(17)12(18)5-9(10)13-14(22)19-15(25)20(13)7-2-1-3-8(4-7)21(23)24/h1-6,13H,(H,19,22,25). The Labute approximate surface area is 156 Å². The fourth-order valence-corrected chi connectivity index (χ4v) is 3.32. The molecule has 3 rings (SSSR count). The number of nitro groups is 1. The van der Waals surface area contributed by atoms with Crippen molar-refractivity contribution in [1.82, 2.24) is 5.32 Å². The molecular weight excluding hydrogens is 392 g/mol. The molecule has 2 aromatic carbocycles. The lowest BCUT2D eigenvalue weighted by Gasteiger charge is -2.24. The number of nitrogens with one attached hydrogen (secondary N) is 1. The highest BCUT2D eigenvalue weighted by Crippen LogP contribution is 2.37. The number of benzene rings is 2. The Hall–Kier alpha value is -2.29. The van der Waals surface area contributed by atoms with Crippen molar-refractivity contribution in [2.24, 2.45) is 0 Å². The zero-order valence-corrected chi connectivity index (χ0v) is 14.5. The molecule has 0 aliphatic carbocycles. The van der Waals surface area contributed by atoms with E-state index < -0.39 is 22.7 Å². The highest BCUT2D eigenvalue weighted by molar-refractivity contribution is 7.80. The van der Waals surface area contributed by atoms with E-state index in [0.717, 1.165) is 6.07 Å². The number of nitro benzene ring substituents is 1. The molecule has 0 aromatic heterocycles. The topological polar surface area (TPSA) is 75.5 Å². The molecule has 1 atom stereocenters. The number of anilines is 1. The molecule has 1 aliphatic heterocycles. The quantitative estimate of drug-likeness (QED) is 0.365. The number of nitrogens with zero attached hydrogens (tertiary/aromatic N) is 2. The summed E-state index contributed by atoms with van der Waals surface area (Å²) in [5.41, 5.74) is 0.271. The molecule has 25 heavy (non-hydrogen) atoms. The first-order chi connectivity index (χ1) is 11.8. The number of amides is 1.